The Hall–Kier alpha value is -2.95. The van der Waals surface area contributed by atoms with Crippen LogP contribution in [0.15, 0.2) is 57.7 Å². The Balaban J connectivity index is 1.67. The molecule has 1 amide bonds. The Bertz CT molecular complexity index is 978. The maximum atomic E-state index is 13.1. The van der Waals surface area contributed by atoms with Gasteiger partial charge in [0.1, 0.15) is 17.0 Å². The first kappa shape index (κ1) is 16.9. The van der Waals surface area contributed by atoms with Crippen LogP contribution in [0.25, 0.3) is 11.0 Å². The van der Waals surface area contributed by atoms with Crippen molar-refractivity contribution in [2.75, 3.05) is 6.54 Å². The average Bonchev–Trinajstić information content (AvgIpc) is 2.59. The molecule has 1 heterocycles. The van der Waals surface area contributed by atoms with E-state index in [0.29, 0.717) is 30.5 Å². The lowest BCUT2D eigenvalue weighted by Gasteiger charge is -2.08. The van der Waals surface area contributed by atoms with Crippen molar-refractivity contribution in [3.05, 3.63) is 81.5 Å². The second-order valence-corrected chi connectivity index (χ2v) is 5.88. The highest BCUT2D eigenvalue weighted by atomic mass is 19.1. The molecule has 0 saturated heterocycles. The number of carbonyl (C=O) groups excluding carboxylic acids is 1. The molecule has 3 aromatic rings. The third-order valence-electron chi connectivity index (χ3n) is 4.12. The van der Waals surface area contributed by atoms with Crippen molar-refractivity contribution in [2.24, 2.45) is 0 Å². The lowest BCUT2D eigenvalue weighted by atomic mass is 10.1. The molecule has 0 saturated carbocycles. The van der Waals surface area contributed by atoms with Gasteiger partial charge in [-0.3, -0.25) is 4.79 Å². The van der Waals surface area contributed by atoms with Crippen LogP contribution in [0.2, 0.25) is 0 Å². The number of nitrogens with one attached hydrogen (secondary N) is 1. The highest BCUT2D eigenvalue weighted by molar-refractivity contribution is 5.99. The van der Waals surface area contributed by atoms with Gasteiger partial charge in [0.15, 0.2) is 0 Å². The van der Waals surface area contributed by atoms with Crippen LogP contribution in [0, 0.1) is 12.7 Å². The molecule has 5 heteroatoms. The van der Waals surface area contributed by atoms with E-state index in [9.17, 15) is 14.0 Å². The molecule has 0 aliphatic rings. The fourth-order valence-corrected chi connectivity index (χ4v) is 2.84. The predicted octanol–water partition coefficient (Wildman–Crippen LogP) is 3.60. The quantitative estimate of drug-likeness (QED) is 0.571. The van der Waals surface area contributed by atoms with E-state index >= 15 is 0 Å². The highest BCUT2D eigenvalue weighted by Crippen LogP contribution is 2.18. The summed E-state index contributed by atoms with van der Waals surface area (Å²) in [5.74, 6) is -0.720. The van der Waals surface area contributed by atoms with Gasteiger partial charge in [-0.1, -0.05) is 30.3 Å². The van der Waals surface area contributed by atoms with E-state index < -0.39 is 11.5 Å². The van der Waals surface area contributed by atoms with Crippen LogP contribution in [0.4, 0.5) is 4.39 Å². The van der Waals surface area contributed by atoms with E-state index in [2.05, 4.69) is 5.32 Å². The molecule has 0 atom stereocenters. The number of para-hydroxylation sites is 1. The van der Waals surface area contributed by atoms with Crippen LogP contribution < -0.4 is 10.9 Å². The van der Waals surface area contributed by atoms with Gasteiger partial charge in [-0.2, -0.15) is 0 Å². The zero-order chi connectivity index (χ0) is 17.8. The molecule has 0 aliphatic carbocycles. The van der Waals surface area contributed by atoms with Gasteiger partial charge < -0.3 is 9.73 Å². The number of hydrogen-bond donors (Lipinski definition) is 1. The van der Waals surface area contributed by atoms with Crippen LogP contribution in [-0.2, 0) is 6.42 Å². The van der Waals surface area contributed by atoms with Crippen molar-refractivity contribution in [1.29, 1.82) is 0 Å². The first-order valence-corrected chi connectivity index (χ1v) is 8.11. The molecule has 0 aliphatic heterocycles. The number of benzene rings is 2. The SMILES string of the molecule is Cc1c(C(=O)NCCCc2cccc(F)c2)c(=O)oc2ccccc12. The molecule has 0 unspecified atom stereocenters. The number of fused-ring (bicyclic) bond motifs is 1. The minimum atomic E-state index is -0.640. The van der Waals surface area contributed by atoms with Crippen LogP contribution in [0.3, 0.4) is 0 Å². The maximum absolute atomic E-state index is 13.1. The average molecular weight is 339 g/mol. The summed E-state index contributed by atoms with van der Waals surface area (Å²) in [6.45, 7) is 2.13. The van der Waals surface area contributed by atoms with Crippen LogP contribution in [0.5, 0.6) is 0 Å². The molecule has 2 aromatic carbocycles. The number of amides is 1. The van der Waals surface area contributed by atoms with Crippen molar-refractivity contribution in [1.82, 2.24) is 5.32 Å². The number of carbonyl (C=O) groups is 1. The molecule has 0 radical (unpaired) electrons. The zero-order valence-electron chi connectivity index (χ0n) is 13.8. The summed E-state index contributed by atoms with van der Waals surface area (Å²) >= 11 is 0. The Kier molecular flexibility index (Phi) is 4.93. The van der Waals surface area contributed by atoms with E-state index in [-0.39, 0.29) is 11.4 Å². The molecule has 0 spiro atoms. The summed E-state index contributed by atoms with van der Waals surface area (Å²) in [7, 11) is 0. The standard InChI is InChI=1S/C20H18FNO3/c1-13-16-9-2-3-10-17(16)25-20(24)18(13)19(23)22-11-5-7-14-6-4-8-15(21)12-14/h2-4,6,8-10,12H,5,7,11H2,1H3,(H,22,23). The second kappa shape index (κ2) is 7.30. The molecule has 0 bridgehead atoms. The van der Waals surface area contributed by atoms with Crippen molar-refractivity contribution in [2.45, 2.75) is 19.8 Å². The smallest absolute Gasteiger partial charge is 0.349 e. The number of hydrogen-bond acceptors (Lipinski definition) is 3. The summed E-state index contributed by atoms with van der Waals surface area (Å²) in [6, 6.07) is 13.5. The van der Waals surface area contributed by atoms with Crippen LogP contribution >= 0.6 is 0 Å². The van der Waals surface area contributed by atoms with Gasteiger partial charge in [0.2, 0.25) is 0 Å². The van der Waals surface area contributed by atoms with Gasteiger partial charge in [-0.15, -0.1) is 0 Å². The summed E-state index contributed by atoms with van der Waals surface area (Å²) in [5, 5.41) is 3.48. The minimum Gasteiger partial charge on any atom is -0.422 e. The largest absolute Gasteiger partial charge is 0.422 e. The second-order valence-electron chi connectivity index (χ2n) is 5.88. The predicted molar refractivity (Wildman–Crippen MR) is 94.3 cm³/mol. The van der Waals surface area contributed by atoms with Gasteiger partial charge in [-0.05, 0) is 49.1 Å². The van der Waals surface area contributed by atoms with E-state index in [1.165, 1.54) is 12.1 Å². The molecular formula is C20H18FNO3. The van der Waals surface area contributed by atoms with E-state index in [1.807, 2.05) is 18.2 Å². The fraction of sp³-hybridized carbons (Fsp3) is 0.200. The number of aryl methyl sites for hydroxylation is 2. The van der Waals surface area contributed by atoms with Crippen LogP contribution in [0.1, 0.15) is 27.9 Å². The molecule has 4 nitrogen and oxygen atoms in total. The first-order chi connectivity index (χ1) is 12.1. The number of halogens is 1. The fourth-order valence-electron chi connectivity index (χ4n) is 2.84. The van der Waals surface area contributed by atoms with Crippen molar-refractivity contribution >= 4 is 16.9 Å². The molecular weight excluding hydrogens is 321 g/mol. The molecule has 128 valence electrons. The normalized spacial score (nSPS) is 10.8. The summed E-state index contributed by atoms with van der Waals surface area (Å²) in [5.41, 5.74) is 1.33. The highest BCUT2D eigenvalue weighted by Gasteiger charge is 2.17. The molecule has 25 heavy (non-hydrogen) atoms. The maximum Gasteiger partial charge on any atom is 0.349 e. The summed E-state index contributed by atoms with van der Waals surface area (Å²) in [4.78, 5) is 24.5. The van der Waals surface area contributed by atoms with E-state index in [4.69, 9.17) is 4.42 Å². The van der Waals surface area contributed by atoms with Gasteiger partial charge >= 0.3 is 5.63 Å². The Morgan fingerprint density at radius 2 is 1.96 bits per heavy atom. The summed E-state index contributed by atoms with van der Waals surface area (Å²) < 4.78 is 18.4. The first-order valence-electron chi connectivity index (χ1n) is 8.11. The van der Waals surface area contributed by atoms with Crippen molar-refractivity contribution in [3.8, 4) is 0 Å². The lowest BCUT2D eigenvalue weighted by molar-refractivity contribution is 0.0949. The van der Waals surface area contributed by atoms with Gasteiger partial charge in [0, 0.05) is 11.9 Å². The number of rotatable bonds is 5. The monoisotopic (exact) mass is 339 g/mol. The topological polar surface area (TPSA) is 59.3 Å². The molecule has 3 rings (SSSR count). The summed E-state index contributed by atoms with van der Waals surface area (Å²) in [6.07, 6.45) is 1.29. The molecule has 0 fully saturated rings. The van der Waals surface area contributed by atoms with Gasteiger partial charge in [0.25, 0.3) is 5.91 Å². The lowest BCUT2D eigenvalue weighted by Crippen LogP contribution is -2.30. The zero-order valence-corrected chi connectivity index (χ0v) is 13.8. The Labute approximate surface area is 144 Å². The molecule has 1 aromatic heterocycles. The molecule has 1 N–H and O–H groups in total. The van der Waals surface area contributed by atoms with E-state index in [0.717, 1.165) is 10.9 Å². The Morgan fingerprint density at radius 1 is 1.16 bits per heavy atom. The van der Waals surface area contributed by atoms with Gasteiger partial charge in [-0.25, -0.2) is 9.18 Å². The third-order valence-corrected chi connectivity index (χ3v) is 4.12. The van der Waals surface area contributed by atoms with Crippen LogP contribution in [-0.4, -0.2) is 12.5 Å². The minimum absolute atomic E-state index is 0.0319. The van der Waals surface area contributed by atoms with E-state index in [1.54, 1.807) is 25.1 Å². The Morgan fingerprint density at radius 3 is 2.76 bits per heavy atom. The third kappa shape index (κ3) is 3.76. The van der Waals surface area contributed by atoms with Crippen molar-refractivity contribution in [3.63, 3.8) is 0 Å². The van der Waals surface area contributed by atoms with Gasteiger partial charge in [0.05, 0.1) is 0 Å². The van der Waals surface area contributed by atoms with Crippen molar-refractivity contribution < 1.29 is 13.6 Å².